The maximum Gasteiger partial charge on any atom is 1.00 e. The van der Waals surface area contributed by atoms with E-state index in [2.05, 4.69) is 0 Å². The van der Waals surface area contributed by atoms with Crippen LogP contribution in [0, 0.1) is 5.92 Å². The Labute approximate surface area is 128 Å². The molecule has 2 fully saturated rings. The summed E-state index contributed by atoms with van der Waals surface area (Å²) in [7, 11) is 0. The van der Waals surface area contributed by atoms with Gasteiger partial charge in [-0.15, -0.1) is 11.8 Å². The van der Waals surface area contributed by atoms with Crippen LogP contribution >= 0.6 is 11.8 Å². The van der Waals surface area contributed by atoms with Crippen LogP contribution in [0.25, 0.3) is 0 Å². The third-order valence-electron chi connectivity index (χ3n) is 3.24. The molecule has 2 N–H and O–H groups in total. The molecular formula is C10H16NNaO4S. The zero-order valence-electron chi connectivity index (χ0n) is 11.4. The predicted octanol–water partition coefficient (Wildman–Crippen LogP) is -2.75. The van der Waals surface area contributed by atoms with E-state index in [0.29, 0.717) is 0 Å². The van der Waals surface area contributed by atoms with Crippen molar-refractivity contribution in [2.75, 3.05) is 0 Å². The molecule has 17 heavy (non-hydrogen) atoms. The molecule has 2 heterocycles. The van der Waals surface area contributed by atoms with Crippen molar-refractivity contribution in [2.45, 2.75) is 43.0 Å². The van der Waals surface area contributed by atoms with Gasteiger partial charge in [0, 0.05) is 4.75 Å². The molecule has 4 atom stereocenters. The van der Waals surface area contributed by atoms with E-state index in [1.54, 1.807) is 6.92 Å². The quantitative estimate of drug-likeness (QED) is 0.420. The number of carbonyl (C=O) groups excluding carboxylic acids is 1. The Bertz CT molecular complexity index is 366. The largest absolute Gasteiger partial charge is 1.00 e. The SMILES string of the molecule is CC(O)C1C(=O)N2[C@@H]1SC(C)(C)[C@@H]2C(=O)O.[H-].[Na+]. The molecule has 2 aliphatic heterocycles. The van der Waals surface area contributed by atoms with Crippen molar-refractivity contribution in [3.05, 3.63) is 0 Å². The maximum atomic E-state index is 11.8. The minimum absolute atomic E-state index is 0. The predicted molar refractivity (Wildman–Crippen MR) is 60.0 cm³/mol. The van der Waals surface area contributed by atoms with Crippen LogP contribution in [0.1, 0.15) is 22.2 Å². The van der Waals surface area contributed by atoms with Crippen molar-refractivity contribution < 1.29 is 50.8 Å². The number of aliphatic hydroxyl groups is 1. The summed E-state index contributed by atoms with van der Waals surface area (Å²) in [4.78, 5) is 24.3. The number of hydrogen-bond donors (Lipinski definition) is 2. The zero-order chi connectivity index (χ0) is 12.2. The van der Waals surface area contributed by atoms with E-state index in [4.69, 9.17) is 5.11 Å². The van der Waals surface area contributed by atoms with Crippen molar-refractivity contribution >= 4 is 23.6 Å². The molecule has 0 aliphatic carbocycles. The molecule has 0 radical (unpaired) electrons. The summed E-state index contributed by atoms with van der Waals surface area (Å²) in [6.07, 6.45) is -0.718. The summed E-state index contributed by atoms with van der Waals surface area (Å²) in [6.45, 7) is 5.21. The van der Waals surface area contributed by atoms with Crippen molar-refractivity contribution in [2.24, 2.45) is 5.92 Å². The first kappa shape index (κ1) is 15.3. The van der Waals surface area contributed by atoms with E-state index >= 15 is 0 Å². The second-order valence-electron chi connectivity index (χ2n) is 4.86. The van der Waals surface area contributed by atoms with Crippen LogP contribution in [0.3, 0.4) is 0 Å². The van der Waals surface area contributed by atoms with Crippen molar-refractivity contribution in [3.8, 4) is 0 Å². The van der Waals surface area contributed by atoms with Gasteiger partial charge in [-0.2, -0.15) is 0 Å². The van der Waals surface area contributed by atoms with Gasteiger partial charge < -0.3 is 16.5 Å². The van der Waals surface area contributed by atoms with Gasteiger partial charge in [-0.25, -0.2) is 4.79 Å². The number of thioether (sulfide) groups is 1. The van der Waals surface area contributed by atoms with Gasteiger partial charge >= 0.3 is 35.5 Å². The number of β-lactam (4-membered cyclic amide) rings is 1. The number of rotatable bonds is 2. The summed E-state index contributed by atoms with van der Waals surface area (Å²) < 4.78 is -0.504. The van der Waals surface area contributed by atoms with E-state index in [0.717, 1.165) is 0 Å². The molecule has 7 heteroatoms. The number of aliphatic carboxylic acids is 1. The van der Waals surface area contributed by atoms with Crippen LogP contribution in [-0.2, 0) is 9.59 Å². The van der Waals surface area contributed by atoms with Gasteiger partial charge in [0.1, 0.15) is 6.04 Å². The summed E-state index contributed by atoms with van der Waals surface area (Å²) in [5.74, 6) is -1.67. The minimum Gasteiger partial charge on any atom is -1.00 e. The van der Waals surface area contributed by atoms with E-state index in [9.17, 15) is 14.7 Å². The molecule has 0 bridgehead atoms. The second kappa shape index (κ2) is 4.74. The van der Waals surface area contributed by atoms with E-state index in [1.807, 2.05) is 13.8 Å². The van der Waals surface area contributed by atoms with E-state index < -0.39 is 28.8 Å². The topological polar surface area (TPSA) is 77.8 Å². The van der Waals surface area contributed by atoms with Gasteiger partial charge in [0.2, 0.25) is 5.91 Å². The number of carboxylic acids is 1. The zero-order valence-corrected chi connectivity index (χ0v) is 13.2. The molecule has 92 valence electrons. The fraction of sp³-hybridized carbons (Fsp3) is 0.800. The summed E-state index contributed by atoms with van der Waals surface area (Å²) in [6, 6.07) is -0.787. The Kier molecular flexibility index (Phi) is 4.26. The molecule has 2 aliphatic rings. The molecule has 5 nitrogen and oxygen atoms in total. The Morgan fingerprint density at radius 2 is 2.12 bits per heavy atom. The smallest absolute Gasteiger partial charge is 1.00 e. The number of nitrogens with zero attached hydrogens (tertiary/aromatic N) is 1. The first-order valence-electron chi connectivity index (χ1n) is 5.18. The number of hydrogen-bond acceptors (Lipinski definition) is 4. The molecule has 0 aromatic rings. The Morgan fingerprint density at radius 1 is 1.59 bits per heavy atom. The van der Waals surface area contributed by atoms with E-state index in [-0.39, 0.29) is 42.3 Å². The van der Waals surface area contributed by atoms with Crippen LogP contribution in [0.4, 0.5) is 0 Å². The summed E-state index contributed by atoms with van der Waals surface area (Å²) in [5.41, 5.74) is 0. The normalized spacial score (nSPS) is 35.6. The molecule has 2 unspecified atom stereocenters. The number of fused-ring (bicyclic) bond motifs is 1. The van der Waals surface area contributed by atoms with Gasteiger partial charge in [-0.3, -0.25) is 4.79 Å². The number of carboxylic acid groups (broad SMARTS) is 1. The molecular weight excluding hydrogens is 253 g/mol. The number of amides is 1. The number of carbonyl (C=O) groups is 2. The average molecular weight is 269 g/mol. The van der Waals surface area contributed by atoms with E-state index in [1.165, 1.54) is 16.7 Å². The standard InChI is InChI=1S/C10H15NO4S.Na.H/c1-4(12)5-7(13)11-6(9(14)15)10(2,3)16-8(5)11;;/h4-6,8,12H,1-3H3,(H,14,15);;/q;+1;-1/t4?,5?,6-,8+;;/m0../s1. The third kappa shape index (κ3) is 2.14. The van der Waals surface area contributed by atoms with Gasteiger partial charge in [0.15, 0.2) is 0 Å². The Morgan fingerprint density at radius 3 is 2.53 bits per heavy atom. The van der Waals surface area contributed by atoms with Gasteiger partial charge in [0.05, 0.1) is 17.4 Å². The monoisotopic (exact) mass is 269 g/mol. The van der Waals surface area contributed by atoms with Crippen LogP contribution in [0.15, 0.2) is 0 Å². The first-order valence-corrected chi connectivity index (χ1v) is 6.06. The average Bonchev–Trinajstić information content (AvgIpc) is 2.33. The van der Waals surface area contributed by atoms with Crippen molar-refractivity contribution in [1.82, 2.24) is 4.90 Å². The van der Waals surface area contributed by atoms with Crippen molar-refractivity contribution in [1.29, 1.82) is 0 Å². The Hall–Kier alpha value is 0.250. The minimum atomic E-state index is -0.975. The fourth-order valence-electron chi connectivity index (χ4n) is 2.49. The molecule has 0 aromatic carbocycles. The Balaban J connectivity index is 0.00000144. The van der Waals surface area contributed by atoms with Crippen molar-refractivity contribution in [3.63, 3.8) is 0 Å². The third-order valence-corrected chi connectivity index (χ3v) is 4.83. The number of aliphatic hydroxyl groups excluding tert-OH is 1. The molecule has 1 amide bonds. The second-order valence-corrected chi connectivity index (χ2v) is 6.64. The van der Waals surface area contributed by atoms with Crippen LogP contribution in [0.5, 0.6) is 0 Å². The molecule has 2 saturated heterocycles. The molecule has 2 rings (SSSR count). The fourth-order valence-corrected chi connectivity index (χ4v) is 4.28. The van der Waals surface area contributed by atoms with Gasteiger partial charge in [0.25, 0.3) is 0 Å². The van der Waals surface area contributed by atoms with Crippen LogP contribution in [-0.4, -0.2) is 49.3 Å². The molecule has 0 spiro atoms. The summed E-state index contributed by atoms with van der Waals surface area (Å²) >= 11 is 1.46. The first-order chi connectivity index (χ1) is 7.27. The van der Waals surface area contributed by atoms with Crippen LogP contribution in [0.2, 0.25) is 0 Å². The van der Waals surface area contributed by atoms with Gasteiger partial charge in [-0.1, -0.05) is 0 Å². The van der Waals surface area contributed by atoms with Crippen LogP contribution < -0.4 is 29.6 Å². The molecule has 0 aromatic heterocycles. The van der Waals surface area contributed by atoms with Gasteiger partial charge in [-0.05, 0) is 20.8 Å². The summed E-state index contributed by atoms with van der Waals surface area (Å²) in [5, 5.41) is 18.4. The molecule has 0 saturated carbocycles. The maximum absolute atomic E-state index is 11.8.